The zero-order valence-electron chi connectivity index (χ0n) is 14.5. The number of nitrogens with zero attached hydrogens (tertiary/aromatic N) is 1. The number of hydroxylamine groups is 3. The van der Waals surface area contributed by atoms with Crippen LogP contribution in [0.2, 0.25) is 0 Å². The number of fused-ring (bicyclic) bond motifs is 1. The molecule has 132 valence electrons. The number of quaternary nitrogens is 1. The van der Waals surface area contributed by atoms with Crippen LogP contribution in [0.4, 0.5) is 0 Å². The molecule has 2 aromatic carbocycles. The van der Waals surface area contributed by atoms with Gasteiger partial charge in [-0.05, 0) is 17.7 Å². The molecule has 0 fully saturated rings. The highest BCUT2D eigenvalue weighted by molar-refractivity contribution is 5.59. The van der Waals surface area contributed by atoms with Crippen LogP contribution in [0, 0.1) is 5.21 Å². The lowest BCUT2D eigenvalue weighted by Gasteiger charge is -2.49. The fraction of sp³-hybridized carbons (Fsp3) is 0.368. The fourth-order valence-corrected chi connectivity index (χ4v) is 3.86. The molecular weight excluding hydrogens is 322 g/mol. The van der Waals surface area contributed by atoms with Gasteiger partial charge in [-0.1, -0.05) is 6.07 Å². The van der Waals surface area contributed by atoms with Crippen LogP contribution in [-0.2, 0) is 12.8 Å². The molecule has 1 unspecified atom stereocenters. The molecule has 2 aliphatic heterocycles. The molecule has 6 nitrogen and oxygen atoms in total. The van der Waals surface area contributed by atoms with Crippen molar-refractivity contribution in [3.8, 4) is 28.7 Å². The summed E-state index contributed by atoms with van der Waals surface area (Å²) in [5.74, 6) is 2.15. The maximum absolute atomic E-state index is 13.1. The standard InChI is InChI=1S/C19H21NO5/c1-20(22)7-6-11-4-5-14(21)19-18(11)13(20)8-12-9-16(23-2)17(24-3)10-15(12)25-19/h4-5,9-10,13,21H,6-8H2,1-3H3/t13-,20?/m0/s1. The summed E-state index contributed by atoms with van der Waals surface area (Å²) in [6, 6.07) is 6.80. The highest BCUT2D eigenvalue weighted by Gasteiger charge is 2.40. The third-order valence-corrected chi connectivity index (χ3v) is 5.28. The largest absolute Gasteiger partial charge is 0.633 e. The number of benzene rings is 2. The van der Waals surface area contributed by atoms with Crippen LogP contribution in [0.5, 0.6) is 28.7 Å². The molecule has 4 rings (SSSR count). The van der Waals surface area contributed by atoms with Gasteiger partial charge in [0.1, 0.15) is 11.8 Å². The third kappa shape index (κ3) is 2.41. The fourth-order valence-electron chi connectivity index (χ4n) is 3.86. The van der Waals surface area contributed by atoms with Gasteiger partial charge >= 0.3 is 0 Å². The predicted molar refractivity (Wildman–Crippen MR) is 92.3 cm³/mol. The van der Waals surface area contributed by atoms with Crippen molar-refractivity contribution >= 4 is 0 Å². The van der Waals surface area contributed by atoms with Crippen molar-refractivity contribution in [3.63, 3.8) is 0 Å². The molecule has 0 saturated heterocycles. The Hall–Kier alpha value is -2.44. The molecule has 2 aromatic rings. The molecular formula is C19H21NO5. The summed E-state index contributed by atoms with van der Waals surface area (Å²) in [7, 11) is 4.83. The van der Waals surface area contributed by atoms with Gasteiger partial charge in [0.2, 0.25) is 0 Å². The first-order valence-electron chi connectivity index (χ1n) is 8.28. The minimum Gasteiger partial charge on any atom is -0.633 e. The topological polar surface area (TPSA) is 71.0 Å². The number of phenolic OH excluding ortho intramolecular Hbond substituents is 1. The van der Waals surface area contributed by atoms with E-state index < -0.39 is 0 Å². The number of ether oxygens (including phenoxy) is 3. The molecule has 0 aliphatic carbocycles. The summed E-state index contributed by atoms with van der Waals surface area (Å²) < 4.78 is 16.4. The number of hydrogen-bond donors (Lipinski definition) is 1. The molecule has 0 amide bonds. The number of phenols is 1. The van der Waals surface area contributed by atoms with Gasteiger partial charge in [0, 0.05) is 24.5 Å². The number of hydrogen-bond acceptors (Lipinski definition) is 5. The number of aromatic hydroxyl groups is 1. The number of likely N-dealkylation sites (N-methyl/N-ethyl adjacent to an activating group) is 1. The summed E-state index contributed by atoms with van der Waals surface area (Å²) in [6.45, 7) is 0.504. The Kier molecular flexibility index (Phi) is 3.56. The minimum atomic E-state index is -0.388. The van der Waals surface area contributed by atoms with Gasteiger partial charge in [0.05, 0.1) is 33.4 Å². The molecule has 2 atom stereocenters. The van der Waals surface area contributed by atoms with Crippen LogP contribution >= 0.6 is 0 Å². The van der Waals surface area contributed by atoms with Crippen LogP contribution in [0.25, 0.3) is 0 Å². The molecule has 6 heteroatoms. The third-order valence-electron chi connectivity index (χ3n) is 5.28. The molecule has 0 saturated carbocycles. The van der Waals surface area contributed by atoms with Crippen LogP contribution in [-0.4, -0.2) is 37.6 Å². The van der Waals surface area contributed by atoms with Crippen molar-refractivity contribution in [2.24, 2.45) is 0 Å². The number of rotatable bonds is 2. The maximum Gasteiger partial charge on any atom is 0.178 e. The average molecular weight is 343 g/mol. The Labute approximate surface area is 146 Å². The summed E-state index contributed by atoms with van der Waals surface area (Å²) in [5.41, 5.74) is 2.75. The van der Waals surface area contributed by atoms with E-state index in [1.165, 1.54) is 0 Å². The van der Waals surface area contributed by atoms with Gasteiger partial charge < -0.3 is 29.2 Å². The van der Waals surface area contributed by atoms with E-state index in [4.69, 9.17) is 14.2 Å². The van der Waals surface area contributed by atoms with Crippen molar-refractivity contribution in [2.75, 3.05) is 27.8 Å². The summed E-state index contributed by atoms with van der Waals surface area (Å²) >= 11 is 0. The second kappa shape index (κ2) is 5.54. The molecule has 2 aliphatic rings. The summed E-state index contributed by atoms with van der Waals surface area (Å²) in [6.07, 6.45) is 1.19. The van der Waals surface area contributed by atoms with Gasteiger partial charge in [-0.2, -0.15) is 0 Å². The van der Waals surface area contributed by atoms with E-state index in [-0.39, 0.29) is 16.4 Å². The van der Waals surface area contributed by atoms with Gasteiger partial charge in [-0.25, -0.2) is 0 Å². The Balaban J connectivity index is 1.95. The first-order valence-corrected chi connectivity index (χ1v) is 8.28. The quantitative estimate of drug-likeness (QED) is 0.669. The molecule has 0 bridgehead atoms. The minimum absolute atomic E-state index is 0.0493. The highest BCUT2D eigenvalue weighted by atomic mass is 16.5. The highest BCUT2D eigenvalue weighted by Crippen LogP contribution is 2.51. The second-order valence-electron chi connectivity index (χ2n) is 6.77. The predicted octanol–water partition coefficient (Wildman–Crippen LogP) is 3.30. The lowest BCUT2D eigenvalue weighted by Crippen LogP contribution is -2.47. The zero-order valence-corrected chi connectivity index (χ0v) is 14.5. The van der Waals surface area contributed by atoms with Crippen molar-refractivity contribution in [1.82, 2.24) is 0 Å². The first-order chi connectivity index (χ1) is 11.9. The molecule has 0 radical (unpaired) electrons. The molecule has 0 spiro atoms. The normalized spacial score (nSPS) is 23.8. The average Bonchev–Trinajstić information content (AvgIpc) is 2.77. The lowest BCUT2D eigenvalue weighted by atomic mass is 9.88. The van der Waals surface area contributed by atoms with Crippen LogP contribution in [0.15, 0.2) is 24.3 Å². The molecule has 25 heavy (non-hydrogen) atoms. The van der Waals surface area contributed by atoms with E-state index in [2.05, 4.69) is 0 Å². The van der Waals surface area contributed by atoms with Crippen molar-refractivity contribution in [1.29, 1.82) is 0 Å². The van der Waals surface area contributed by atoms with Gasteiger partial charge in [-0.15, -0.1) is 0 Å². The zero-order chi connectivity index (χ0) is 17.8. The van der Waals surface area contributed by atoms with Gasteiger partial charge in [0.25, 0.3) is 0 Å². The van der Waals surface area contributed by atoms with E-state index in [1.807, 2.05) is 12.1 Å². The van der Waals surface area contributed by atoms with Crippen molar-refractivity contribution < 1.29 is 24.0 Å². The Morgan fingerprint density at radius 3 is 2.60 bits per heavy atom. The second-order valence-corrected chi connectivity index (χ2v) is 6.77. The van der Waals surface area contributed by atoms with Crippen molar-refractivity contribution in [2.45, 2.75) is 18.9 Å². The van der Waals surface area contributed by atoms with Crippen LogP contribution in [0.1, 0.15) is 22.7 Å². The summed E-state index contributed by atoms with van der Waals surface area (Å²) in [4.78, 5) is 0. The monoisotopic (exact) mass is 343 g/mol. The van der Waals surface area contributed by atoms with Crippen LogP contribution in [0.3, 0.4) is 0 Å². The molecule has 2 heterocycles. The van der Waals surface area contributed by atoms with E-state index >= 15 is 0 Å². The van der Waals surface area contributed by atoms with E-state index in [1.54, 1.807) is 33.4 Å². The number of methoxy groups -OCH3 is 2. The smallest absolute Gasteiger partial charge is 0.178 e. The Morgan fingerprint density at radius 2 is 1.88 bits per heavy atom. The molecule has 0 aromatic heterocycles. The SMILES string of the molecule is COc1cc2c(cc1OC)Oc1c(O)ccc3c1[C@H](C2)[N+](C)([O-])CC3. The first kappa shape index (κ1) is 16.1. The Morgan fingerprint density at radius 1 is 1.16 bits per heavy atom. The lowest BCUT2D eigenvalue weighted by molar-refractivity contribution is -0.894. The van der Waals surface area contributed by atoms with Crippen LogP contribution < -0.4 is 14.2 Å². The maximum atomic E-state index is 13.1. The molecule has 1 N–H and O–H groups in total. The Bertz CT molecular complexity index is 846. The van der Waals surface area contributed by atoms with Gasteiger partial charge in [-0.3, -0.25) is 0 Å². The van der Waals surface area contributed by atoms with E-state index in [0.29, 0.717) is 42.4 Å². The van der Waals surface area contributed by atoms with E-state index in [0.717, 1.165) is 16.7 Å². The van der Waals surface area contributed by atoms with Crippen molar-refractivity contribution in [3.05, 3.63) is 46.2 Å². The van der Waals surface area contributed by atoms with E-state index in [9.17, 15) is 10.3 Å². The summed E-state index contributed by atoms with van der Waals surface area (Å²) in [5, 5.41) is 23.5. The van der Waals surface area contributed by atoms with Gasteiger partial charge in [0.15, 0.2) is 23.0 Å².